The third kappa shape index (κ3) is 3.61. The van der Waals surface area contributed by atoms with Gasteiger partial charge in [-0.15, -0.1) is 11.3 Å². The van der Waals surface area contributed by atoms with Gasteiger partial charge in [0.2, 0.25) is 10.0 Å². The van der Waals surface area contributed by atoms with Gasteiger partial charge in [-0.25, -0.2) is 8.42 Å². The number of hydrogen-bond acceptors (Lipinski definition) is 4. The summed E-state index contributed by atoms with van der Waals surface area (Å²) in [6.45, 7) is 9.31. The maximum absolute atomic E-state index is 12.9. The van der Waals surface area contributed by atoms with Crippen LogP contribution in [0.25, 0.3) is 0 Å². The average molecular weight is 319 g/mol. The van der Waals surface area contributed by atoms with Gasteiger partial charge in [0.1, 0.15) is 4.90 Å². The van der Waals surface area contributed by atoms with Gasteiger partial charge in [0, 0.05) is 24.5 Å². The van der Waals surface area contributed by atoms with Crippen LogP contribution in [0.2, 0.25) is 0 Å². The van der Waals surface area contributed by atoms with Crippen molar-refractivity contribution in [3.8, 4) is 0 Å². The van der Waals surface area contributed by atoms with Crippen molar-refractivity contribution >= 4 is 21.4 Å². The average Bonchev–Trinajstić information content (AvgIpc) is 2.81. The molecule has 0 atom stereocenters. The summed E-state index contributed by atoms with van der Waals surface area (Å²) in [6.07, 6.45) is 1.99. The standard InChI is InChI=1S/C14H26N2O2S2/c1-5-12(6-2)9-16(7-3)20(17,18)14-11(4)10-19-13(14)8-15/h10,12H,5-9,15H2,1-4H3. The Labute approximate surface area is 127 Å². The summed E-state index contributed by atoms with van der Waals surface area (Å²) in [6, 6.07) is 0. The van der Waals surface area contributed by atoms with E-state index in [1.807, 2.05) is 19.2 Å². The molecule has 0 bridgehead atoms. The second kappa shape index (κ2) is 7.54. The molecule has 116 valence electrons. The van der Waals surface area contributed by atoms with Crippen LogP contribution in [0, 0.1) is 12.8 Å². The number of rotatable bonds is 8. The van der Waals surface area contributed by atoms with Gasteiger partial charge in [-0.3, -0.25) is 0 Å². The van der Waals surface area contributed by atoms with Crippen LogP contribution < -0.4 is 5.73 Å². The fourth-order valence-electron chi connectivity index (χ4n) is 2.34. The van der Waals surface area contributed by atoms with Crippen molar-refractivity contribution in [2.45, 2.75) is 52.0 Å². The summed E-state index contributed by atoms with van der Waals surface area (Å²) < 4.78 is 27.3. The molecule has 0 radical (unpaired) electrons. The van der Waals surface area contributed by atoms with Crippen molar-refractivity contribution < 1.29 is 8.42 Å². The predicted molar refractivity (Wildman–Crippen MR) is 85.5 cm³/mol. The Morgan fingerprint density at radius 1 is 1.30 bits per heavy atom. The van der Waals surface area contributed by atoms with Gasteiger partial charge in [-0.1, -0.05) is 33.6 Å². The summed E-state index contributed by atoms with van der Waals surface area (Å²) in [4.78, 5) is 1.18. The van der Waals surface area contributed by atoms with Crippen molar-refractivity contribution in [3.05, 3.63) is 15.8 Å². The molecule has 0 aliphatic carbocycles. The number of thiophene rings is 1. The molecule has 1 aromatic rings. The van der Waals surface area contributed by atoms with E-state index in [2.05, 4.69) is 13.8 Å². The summed E-state index contributed by atoms with van der Waals surface area (Å²) in [7, 11) is -3.43. The van der Waals surface area contributed by atoms with Crippen LogP contribution >= 0.6 is 11.3 Å². The molecule has 1 rings (SSSR count). The van der Waals surface area contributed by atoms with E-state index in [4.69, 9.17) is 5.73 Å². The second-order valence-electron chi connectivity index (χ2n) is 5.01. The first-order valence-electron chi connectivity index (χ1n) is 7.19. The van der Waals surface area contributed by atoms with Crippen LogP contribution in [0.3, 0.4) is 0 Å². The van der Waals surface area contributed by atoms with Gasteiger partial charge in [-0.2, -0.15) is 4.31 Å². The minimum Gasteiger partial charge on any atom is -0.326 e. The third-order valence-corrected chi connectivity index (χ3v) is 7.17. The summed E-state index contributed by atoms with van der Waals surface area (Å²) >= 11 is 1.43. The molecule has 0 amide bonds. The molecule has 2 N–H and O–H groups in total. The lowest BCUT2D eigenvalue weighted by atomic mass is 10.0. The number of nitrogens with zero attached hydrogens (tertiary/aromatic N) is 1. The van der Waals surface area contributed by atoms with Crippen molar-refractivity contribution in [1.29, 1.82) is 0 Å². The maximum atomic E-state index is 12.9. The first kappa shape index (κ1) is 17.6. The van der Waals surface area contributed by atoms with E-state index in [0.717, 1.165) is 23.3 Å². The largest absolute Gasteiger partial charge is 0.326 e. The zero-order chi connectivity index (χ0) is 15.3. The molecule has 1 aromatic heterocycles. The Morgan fingerprint density at radius 3 is 2.35 bits per heavy atom. The van der Waals surface area contributed by atoms with E-state index < -0.39 is 10.0 Å². The highest BCUT2D eigenvalue weighted by Gasteiger charge is 2.29. The van der Waals surface area contributed by atoms with Gasteiger partial charge in [-0.05, 0) is 23.8 Å². The SMILES string of the molecule is CCC(CC)CN(CC)S(=O)(=O)c1c(C)csc1CN. The van der Waals surface area contributed by atoms with Crippen LogP contribution in [0.15, 0.2) is 10.3 Å². The molecule has 6 heteroatoms. The van der Waals surface area contributed by atoms with Crippen molar-refractivity contribution in [2.24, 2.45) is 11.7 Å². The smallest absolute Gasteiger partial charge is 0.244 e. The van der Waals surface area contributed by atoms with Gasteiger partial charge in [0.05, 0.1) is 0 Å². The second-order valence-corrected chi connectivity index (χ2v) is 7.85. The molecular weight excluding hydrogens is 292 g/mol. The maximum Gasteiger partial charge on any atom is 0.244 e. The molecule has 0 aromatic carbocycles. The minimum absolute atomic E-state index is 0.273. The molecule has 0 saturated carbocycles. The summed E-state index contributed by atoms with van der Waals surface area (Å²) in [5.74, 6) is 0.407. The summed E-state index contributed by atoms with van der Waals surface area (Å²) in [5, 5.41) is 1.88. The van der Waals surface area contributed by atoms with Crippen molar-refractivity contribution in [3.63, 3.8) is 0 Å². The van der Waals surface area contributed by atoms with E-state index >= 15 is 0 Å². The monoisotopic (exact) mass is 318 g/mol. The Hall–Kier alpha value is -0.430. The highest BCUT2D eigenvalue weighted by atomic mass is 32.2. The Balaban J connectivity index is 3.15. The predicted octanol–water partition coefficient (Wildman–Crippen LogP) is 2.96. The van der Waals surface area contributed by atoms with Crippen LogP contribution in [0.4, 0.5) is 0 Å². The third-order valence-electron chi connectivity index (χ3n) is 3.74. The first-order valence-corrected chi connectivity index (χ1v) is 9.51. The molecule has 20 heavy (non-hydrogen) atoms. The zero-order valence-corrected chi connectivity index (χ0v) is 14.5. The lowest BCUT2D eigenvalue weighted by molar-refractivity contribution is 0.339. The minimum atomic E-state index is -3.43. The van der Waals surface area contributed by atoms with Crippen LogP contribution in [-0.4, -0.2) is 25.8 Å². The molecule has 0 unspecified atom stereocenters. The Morgan fingerprint density at radius 2 is 1.90 bits per heavy atom. The fraction of sp³-hybridized carbons (Fsp3) is 0.714. The molecule has 0 fully saturated rings. The number of hydrogen-bond donors (Lipinski definition) is 1. The lowest BCUT2D eigenvalue weighted by Crippen LogP contribution is -2.35. The highest BCUT2D eigenvalue weighted by molar-refractivity contribution is 7.89. The van der Waals surface area contributed by atoms with Gasteiger partial charge >= 0.3 is 0 Å². The Bertz CT molecular complexity index is 519. The molecule has 0 aliphatic rings. The number of sulfonamides is 1. The normalized spacial score (nSPS) is 12.6. The van der Waals surface area contributed by atoms with E-state index in [0.29, 0.717) is 23.9 Å². The molecule has 1 heterocycles. The fourth-order valence-corrected chi connectivity index (χ4v) is 5.51. The van der Waals surface area contributed by atoms with Gasteiger partial charge in [0.25, 0.3) is 0 Å². The van der Waals surface area contributed by atoms with Crippen LogP contribution in [0.5, 0.6) is 0 Å². The summed E-state index contributed by atoms with van der Waals surface area (Å²) in [5.41, 5.74) is 6.49. The van der Waals surface area contributed by atoms with Crippen LogP contribution in [-0.2, 0) is 16.6 Å². The zero-order valence-electron chi connectivity index (χ0n) is 12.8. The topological polar surface area (TPSA) is 63.4 Å². The molecule has 0 saturated heterocycles. The first-order chi connectivity index (χ1) is 9.42. The number of aryl methyl sites for hydroxylation is 1. The van der Waals surface area contributed by atoms with Crippen molar-refractivity contribution in [1.82, 2.24) is 4.31 Å². The number of nitrogens with two attached hydrogens (primary N) is 1. The van der Waals surface area contributed by atoms with E-state index in [1.54, 1.807) is 4.31 Å². The molecule has 0 aliphatic heterocycles. The van der Waals surface area contributed by atoms with E-state index in [-0.39, 0.29) is 6.54 Å². The molecule has 0 spiro atoms. The van der Waals surface area contributed by atoms with Crippen molar-refractivity contribution in [2.75, 3.05) is 13.1 Å². The highest BCUT2D eigenvalue weighted by Crippen LogP contribution is 2.30. The molecular formula is C14H26N2O2S2. The lowest BCUT2D eigenvalue weighted by Gasteiger charge is -2.25. The van der Waals surface area contributed by atoms with E-state index in [1.165, 1.54) is 11.3 Å². The van der Waals surface area contributed by atoms with Crippen LogP contribution in [0.1, 0.15) is 44.1 Å². The Kier molecular flexibility index (Phi) is 6.64. The van der Waals surface area contributed by atoms with Gasteiger partial charge in [0.15, 0.2) is 0 Å². The quantitative estimate of drug-likeness (QED) is 0.801. The molecule has 4 nitrogen and oxygen atoms in total. The van der Waals surface area contributed by atoms with Gasteiger partial charge < -0.3 is 5.73 Å². The van der Waals surface area contributed by atoms with E-state index in [9.17, 15) is 8.42 Å².